The fourth-order valence-corrected chi connectivity index (χ4v) is 4.74. The van der Waals surface area contributed by atoms with Gasteiger partial charge in [0.1, 0.15) is 17.5 Å². The van der Waals surface area contributed by atoms with Crippen molar-refractivity contribution < 1.29 is 0 Å². The van der Waals surface area contributed by atoms with Crippen LogP contribution in [0.4, 0.5) is 11.6 Å². The van der Waals surface area contributed by atoms with Gasteiger partial charge in [-0.2, -0.15) is 0 Å². The van der Waals surface area contributed by atoms with Crippen molar-refractivity contribution in [3.8, 4) is 0 Å². The Balaban J connectivity index is 1.86. The van der Waals surface area contributed by atoms with Gasteiger partial charge < -0.3 is 11.1 Å². The zero-order valence-electron chi connectivity index (χ0n) is 13.7. The maximum absolute atomic E-state index is 5.95. The second-order valence-corrected chi connectivity index (χ2v) is 7.84. The van der Waals surface area contributed by atoms with E-state index in [0.717, 1.165) is 30.4 Å². The van der Waals surface area contributed by atoms with E-state index < -0.39 is 0 Å². The van der Waals surface area contributed by atoms with Gasteiger partial charge in [0.25, 0.3) is 0 Å². The predicted octanol–water partition coefficient (Wildman–Crippen LogP) is 3.64. The van der Waals surface area contributed by atoms with Gasteiger partial charge in [0.15, 0.2) is 0 Å². The van der Waals surface area contributed by atoms with Gasteiger partial charge in [0.2, 0.25) is 0 Å². The second-order valence-electron chi connectivity index (χ2n) is 7.84. The number of aryl methyl sites for hydroxylation is 1. The Hall–Kier alpha value is -1.32. The van der Waals surface area contributed by atoms with E-state index in [2.05, 4.69) is 43.0 Å². The molecule has 3 atom stereocenters. The lowest BCUT2D eigenvalue weighted by Crippen LogP contribution is -2.46. The van der Waals surface area contributed by atoms with Crippen molar-refractivity contribution in [3.05, 3.63) is 11.9 Å². The quantitative estimate of drug-likeness (QED) is 0.888. The minimum atomic E-state index is 0.317. The Morgan fingerprint density at radius 2 is 2.10 bits per heavy atom. The predicted molar refractivity (Wildman–Crippen MR) is 87.1 cm³/mol. The first-order chi connectivity index (χ1) is 9.85. The van der Waals surface area contributed by atoms with Crippen molar-refractivity contribution in [2.24, 2.45) is 16.7 Å². The van der Waals surface area contributed by atoms with Gasteiger partial charge in [-0.15, -0.1) is 0 Å². The van der Waals surface area contributed by atoms with Crippen molar-refractivity contribution in [1.29, 1.82) is 0 Å². The van der Waals surface area contributed by atoms with Crippen molar-refractivity contribution in [3.63, 3.8) is 0 Å². The van der Waals surface area contributed by atoms with E-state index in [1.165, 1.54) is 19.3 Å². The number of hydrogen-bond acceptors (Lipinski definition) is 4. The van der Waals surface area contributed by atoms with Gasteiger partial charge in [0, 0.05) is 18.5 Å². The molecule has 0 amide bonds. The summed E-state index contributed by atoms with van der Waals surface area (Å²) < 4.78 is 0. The van der Waals surface area contributed by atoms with Gasteiger partial charge in [-0.3, -0.25) is 0 Å². The number of fused-ring (bicyclic) bond motifs is 2. The summed E-state index contributed by atoms with van der Waals surface area (Å²) in [5.74, 6) is 3.15. The van der Waals surface area contributed by atoms with Crippen molar-refractivity contribution in [2.45, 2.75) is 65.8 Å². The number of rotatable bonds is 4. The third-order valence-corrected chi connectivity index (χ3v) is 5.83. The second kappa shape index (κ2) is 4.85. The number of nitrogens with zero attached hydrogens (tertiary/aromatic N) is 2. The lowest BCUT2D eigenvalue weighted by atomic mass is 9.68. The van der Waals surface area contributed by atoms with Crippen LogP contribution < -0.4 is 11.1 Å². The number of aromatic nitrogens is 2. The van der Waals surface area contributed by atoms with E-state index in [1.807, 2.05) is 6.07 Å². The molecule has 2 saturated carbocycles. The lowest BCUT2D eigenvalue weighted by Gasteiger charge is -2.43. The van der Waals surface area contributed by atoms with E-state index in [1.54, 1.807) is 0 Å². The van der Waals surface area contributed by atoms with Gasteiger partial charge in [-0.25, -0.2) is 9.97 Å². The number of anilines is 2. The molecule has 0 radical (unpaired) electrons. The number of hydrogen-bond donors (Lipinski definition) is 2. The Morgan fingerprint density at radius 1 is 1.33 bits per heavy atom. The Labute approximate surface area is 127 Å². The van der Waals surface area contributed by atoms with Crippen LogP contribution in [-0.2, 0) is 6.42 Å². The highest BCUT2D eigenvalue weighted by atomic mass is 15.1. The van der Waals surface area contributed by atoms with Crippen molar-refractivity contribution in [1.82, 2.24) is 9.97 Å². The first kappa shape index (κ1) is 14.6. The third kappa shape index (κ3) is 2.39. The highest BCUT2D eigenvalue weighted by molar-refractivity contribution is 5.46. The number of nitrogen functional groups attached to an aromatic ring is 1. The summed E-state index contributed by atoms with van der Waals surface area (Å²) in [6, 6.07) is 2.34. The summed E-state index contributed by atoms with van der Waals surface area (Å²) >= 11 is 0. The van der Waals surface area contributed by atoms with Gasteiger partial charge >= 0.3 is 0 Å². The minimum Gasteiger partial charge on any atom is -0.384 e. The molecule has 0 spiro atoms. The summed E-state index contributed by atoms with van der Waals surface area (Å²) in [5, 5.41) is 3.71. The van der Waals surface area contributed by atoms with Gasteiger partial charge in [-0.1, -0.05) is 27.7 Å². The summed E-state index contributed by atoms with van der Waals surface area (Å²) in [5.41, 5.74) is 6.65. The van der Waals surface area contributed by atoms with Crippen molar-refractivity contribution >= 4 is 11.6 Å². The number of nitrogens with two attached hydrogens (primary N) is 1. The smallest absolute Gasteiger partial charge is 0.133 e. The molecular weight excluding hydrogens is 260 g/mol. The molecule has 21 heavy (non-hydrogen) atoms. The molecule has 2 aliphatic rings. The molecule has 1 aromatic rings. The van der Waals surface area contributed by atoms with Crippen LogP contribution in [0.3, 0.4) is 0 Å². The Bertz CT molecular complexity index is 535. The maximum atomic E-state index is 5.95. The molecule has 0 aromatic carbocycles. The molecule has 3 unspecified atom stereocenters. The molecule has 0 saturated heterocycles. The monoisotopic (exact) mass is 288 g/mol. The molecule has 3 rings (SSSR count). The van der Waals surface area contributed by atoms with Crippen LogP contribution in [0.5, 0.6) is 0 Å². The molecule has 2 bridgehead atoms. The summed E-state index contributed by atoms with van der Waals surface area (Å²) in [7, 11) is 0. The summed E-state index contributed by atoms with van der Waals surface area (Å²) in [6.07, 6.45) is 5.95. The number of nitrogens with one attached hydrogen (secondary N) is 1. The molecule has 2 aliphatic carbocycles. The maximum Gasteiger partial charge on any atom is 0.133 e. The zero-order valence-corrected chi connectivity index (χ0v) is 13.7. The van der Waals surface area contributed by atoms with Crippen LogP contribution in [0, 0.1) is 16.7 Å². The first-order valence-corrected chi connectivity index (χ1v) is 8.25. The molecule has 0 aliphatic heterocycles. The van der Waals surface area contributed by atoms with Crippen LogP contribution in [0.2, 0.25) is 0 Å². The lowest BCUT2D eigenvalue weighted by molar-refractivity contribution is 0.155. The van der Waals surface area contributed by atoms with Crippen molar-refractivity contribution in [2.75, 3.05) is 11.1 Å². The van der Waals surface area contributed by atoms with Crippen LogP contribution in [0.25, 0.3) is 0 Å². The fraction of sp³-hybridized carbons (Fsp3) is 0.765. The van der Waals surface area contributed by atoms with Crippen LogP contribution >= 0.6 is 0 Å². The fourth-order valence-electron chi connectivity index (χ4n) is 4.74. The van der Waals surface area contributed by atoms with Crippen LogP contribution in [0.1, 0.15) is 59.2 Å². The standard InChI is InChI=1S/C17H28N4/c1-5-6-13-19-12(18)9-14(20-13)21-15-16(2,3)11-7-8-17(15,4)10-11/h9,11,15H,5-8,10H2,1-4H3,(H3,18,19,20,21). The highest BCUT2D eigenvalue weighted by Crippen LogP contribution is 2.63. The summed E-state index contributed by atoms with van der Waals surface area (Å²) in [4.78, 5) is 8.99. The van der Waals surface area contributed by atoms with E-state index >= 15 is 0 Å². The third-order valence-electron chi connectivity index (χ3n) is 5.83. The van der Waals surface area contributed by atoms with Crippen LogP contribution in [0.15, 0.2) is 6.07 Å². The van der Waals surface area contributed by atoms with E-state index in [-0.39, 0.29) is 0 Å². The van der Waals surface area contributed by atoms with Crippen LogP contribution in [-0.4, -0.2) is 16.0 Å². The topological polar surface area (TPSA) is 63.8 Å². The normalized spacial score (nSPS) is 33.3. The van der Waals surface area contributed by atoms with Gasteiger partial charge in [-0.05, 0) is 42.4 Å². The molecule has 1 aromatic heterocycles. The Morgan fingerprint density at radius 3 is 2.71 bits per heavy atom. The highest BCUT2D eigenvalue weighted by Gasteiger charge is 2.59. The van der Waals surface area contributed by atoms with E-state index in [9.17, 15) is 0 Å². The zero-order chi connectivity index (χ0) is 15.3. The molecule has 4 heteroatoms. The molecule has 3 N–H and O–H groups in total. The minimum absolute atomic E-state index is 0.317. The molecule has 1 heterocycles. The molecule has 4 nitrogen and oxygen atoms in total. The molecular formula is C17H28N4. The average molecular weight is 288 g/mol. The SMILES string of the molecule is CCCc1nc(N)cc(NC2C3(C)CCC(C3)C2(C)C)n1. The largest absolute Gasteiger partial charge is 0.384 e. The molecule has 2 fully saturated rings. The van der Waals surface area contributed by atoms with E-state index in [0.29, 0.717) is 22.7 Å². The van der Waals surface area contributed by atoms with E-state index in [4.69, 9.17) is 5.73 Å². The average Bonchev–Trinajstić information content (AvgIpc) is 2.86. The Kier molecular flexibility index (Phi) is 3.38. The summed E-state index contributed by atoms with van der Waals surface area (Å²) in [6.45, 7) is 9.37. The van der Waals surface area contributed by atoms with Gasteiger partial charge in [0.05, 0.1) is 0 Å². The molecule has 116 valence electrons. The first-order valence-electron chi connectivity index (χ1n) is 8.25.